The van der Waals surface area contributed by atoms with Crippen molar-refractivity contribution in [3.63, 3.8) is 0 Å². The first kappa shape index (κ1) is 13.7. The van der Waals surface area contributed by atoms with Gasteiger partial charge in [-0.1, -0.05) is 36.4 Å². The molecular weight excluding hydrogens is 274 g/mol. The van der Waals surface area contributed by atoms with E-state index in [0.717, 1.165) is 10.6 Å². The molecule has 0 bridgehead atoms. The number of thiophene rings is 1. The van der Waals surface area contributed by atoms with Gasteiger partial charge < -0.3 is 5.32 Å². The van der Waals surface area contributed by atoms with E-state index in [2.05, 4.69) is 28.0 Å². The van der Waals surface area contributed by atoms with Gasteiger partial charge in [0.25, 0.3) is 0 Å². The van der Waals surface area contributed by atoms with Crippen molar-refractivity contribution in [1.82, 2.24) is 10.7 Å². The molecule has 0 aliphatic heterocycles. The SMILES string of the molecule is CC(=NNC(=S)NCc1ccccc1)c1cccs1. The summed E-state index contributed by atoms with van der Waals surface area (Å²) in [7, 11) is 0. The average molecular weight is 289 g/mol. The van der Waals surface area contributed by atoms with Crippen LogP contribution >= 0.6 is 23.6 Å². The molecule has 2 aromatic rings. The summed E-state index contributed by atoms with van der Waals surface area (Å²) in [5, 5.41) is 9.92. The molecule has 0 aliphatic rings. The number of nitrogens with one attached hydrogen (secondary N) is 2. The van der Waals surface area contributed by atoms with Crippen molar-refractivity contribution in [3.05, 3.63) is 58.3 Å². The summed E-state index contributed by atoms with van der Waals surface area (Å²) in [6, 6.07) is 14.1. The quantitative estimate of drug-likeness (QED) is 0.516. The molecule has 3 nitrogen and oxygen atoms in total. The van der Waals surface area contributed by atoms with Gasteiger partial charge >= 0.3 is 0 Å². The van der Waals surface area contributed by atoms with Gasteiger partial charge in [-0.2, -0.15) is 5.10 Å². The largest absolute Gasteiger partial charge is 0.357 e. The Labute approximate surface area is 122 Å². The third-order valence-corrected chi connectivity index (χ3v) is 3.71. The predicted molar refractivity (Wildman–Crippen MR) is 85.5 cm³/mol. The Balaban J connectivity index is 1.80. The van der Waals surface area contributed by atoms with Crippen molar-refractivity contribution >= 4 is 34.4 Å². The number of rotatable bonds is 4. The molecule has 0 aliphatic carbocycles. The van der Waals surface area contributed by atoms with Crippen LogP contribution in [-0.2, 0) is 6.54 Å². The van der Waals surface area contributed by atoms with Crippen LogP contribution < -0.4 is 10.7 Å². The lowest BCUT2D eigenvalue weighted by atomic mass is 10.2. The summed E-state index contributed by atoms with van der Waals surface area (Å²) in [6.07, 6.45) is 0. The highest BCUT2D eigenvalue weighted by Gasteiger charge is 1.99. The van der Waals surface area contributed by atoms with E-state index >= 15 is 0 Å². The third kappa shape index (κ3) is 4.46. The average Bonchev–Trinajstić information content (AvgIpc) is 2.98. The van der Waals surface area contributed by atoms with E-state index in [9.17, 15) is 0 Å². The van der Waals surface area contributed by atoms with Crippen LogP contribution in [0.3, 0.4) is 0 Å². The van der Waals surface area contributed by atoms with Crippen molar-refractivity contribution in [3.8, 4) is 0 Å². The van der Waals surface area contributed by atoms with E-state index in [0.29, 0.717) is 11.7 Å². The molecule has 0 amide bonds. The summed E-state index contributed by atoms with van der Waals surface area (Å²) < 4.78 is 0. The Kier molecular flexibility index (Phi) is 5.06. The van der Waals surface area contributed by atoms with E-state index < -0.39 is 0 Å². The fourth-order valence-corrected chi connectivity index (χ4v) is 2.29. The Morgan fingerprint density at radius 2 is 2.00 bits per heavy atom. The van der Waals surface area contributed by atoms with Gasteiger partial charge in [-0.05, 0) is 36.2 Å². The van der Waals surface area contributed by atoms with Crippen LogP contribution in [0.15, 0.2) is 52.9 Å². The number of thiocarbonyl (C=S) groups is 1. The second kappa shape index (κ2) is 7.01. The van der Waals surface area contributed by atoms with Gasteiger partial charge in [0, 0.05) is 11.4 Å². The number of benzene rings is 1. The van der Waals surface area contributed by atoms with Crippen molar-refractivity contribution < 1.29 is 0 Å². The summed E-state index contributed by atoms with van der Waals surface area (Å²) in [6.45, 7) is 2.65. The summed E-state index contributed by atoms with van der Waals surface area (Å²) >= 11 is 6.83. The maximum atomic E-state index is 5.18. The van der Waals surface area contributed by atoms with E-state index in [1.54, 1.807) is 11.3 Å². The summed E-state index contributed by atoms with van der Waals surface area (Å²) in [5.74, 6) is 0. The molecular formula is C14H15N3S2. The van der Waals surface area contributed by atoms with Gasteiger partial charge in [-0.15, -0.1) is 11.3 Å². The second-order valence-corrected chi connectivity index (χ2v) is 5.31. The van der Waals surface area contributed by atoms with E-state index in [4.69, 9.17) is 12.2 Å². The zero-order valence-electron chi connectivity index (χ0n) is 10.6. The Hall–Kier alpha value is -1.72. The van der Waals surface area contributed by atoms with Crippen LogP contribution in [0.2, 0.25) is 0 Å². The van der Waals surface area contributed by atoms with Crippen molar-refractivity contribution in [2.45, 2.75) is 13.5 Å². The molecule has 2 rings (SSSR count). The Morgan fingerprint density at radius 3 is 2.68 bits per heavy atom. The fourth-order valence-electron chi connectivity index (χ4n) is 1.49. The predicted octanol–water partition coefficient (Wildman–Crippen LogP) is 3.14. The molecule has 0 saturated heterocycles. The number of hydrogen-bond acceptors (Lipinski definition) is 3. The topological polar surface area (TPSA) is 36.4 Å². The van der Waals surface area contributed by atoms with Crippen LogP contribution in [0.4, 0.5) is 0 Å². The fraction of sp³-hybridized carbons (Fsp3) is 0.143. The summed E-state index contributed by atoms with van der Waals surface area (Å²) in [4.78, 5) is 1.14. The molecule has 2 N–H and O–H groups in total. The van der Waals surface area contributed by atoms with Crippen LogP contribution in [0.5, 0.6) is 0 Å². The molecule has 1 heterocycles. The van der Waals surface area contributed by atoms with Crippen LogP contribution in [-0.4, -0.2) is 10.8 Å². The number of hydrazone groups is 1. The van der Waals surface area contributed by atoms with Gasteiger partial charge in [0.05, 0.1) is 5.71 Å². The van der Waals surface area contributed by atoms with Gasteiger partial charge in [0.15, 0.2) is 5.11 Å². The normalized spacial score (nSPS) is 11.1. The maximum Gasteiger partial charge on any atom is 0.187 e. The first-order valence-electron chi connectivity index (χ1n) is 5.91. The first-order chi connectivity index (χ1) is 9.25. The molecule has 0 spiro atoms. The highest BCUT2D eigenvalue weighted by Crippen LogP contribution is 2.09. The van der Waals surface area contributed by atoms with Gasteiger partial charge in [0.2, 0.25) is 0 Å². The molecule has 0 atom stereocenters. The lowest BCUT2D eigenvalue weighted by Crippen LogP contribution is -2.32. The minimum absolute atomic E-state index is 0.528. The Morgan fingerprint density at radius 1 is 1.21 bits per heavy atom. The Bertz CT molecular complexity index is 547. The molecule has 0 radical (unpaired) electrons. The minimum atomic E-state index is 0.528. The van der Waals surface area contributed by atoms with Gasteiger partial charge in [-0.3, -0.25) is 5.43 Å². The van der Waals surface area contributed by atoms with Crippen molar-refractivity contribution in [1.29, 1.82) is 0 Å². The third-order valence-electron chi connectivity index (χ3n) is 2.50. The molecule has 0 saturated carbocycles. The summed E-state index contributed by atoms with van der Waals surface area (Å²) in [5.41, 5.74) is 4.97. The molecule has 19 heavy (non-hydrogen) atoms. The maximum absolute atomic E-state index is 5.18. The minimum Gasteiger partial charge on any atom is -0.357 e. The standard InChI is InChI=1S/C14H15N3S2/c1-11(13-8-5-9-19-13)16-17-14(18)15-10-12-6-3-2-4-7-12/h2-9H,10H2,1H3,(H2,15,17,18). The van der Waals surface area contributed by atoms with Crippen molar-refractivity contribution in [2.75, 3.05) is 0 Å². The zero-order chi connectivity index (χ0) is 13.5. The molecule has 0 unspecified atom stereocenters. The van der Waals surface area contributed by atoms with E-state index in [1.807, 2.05) is 42.6 Å². The first-order valence-corrected chi connectivity index (χ1v) is 7.20. The lowest BCUT2D eigenvalue weighted by molar-refractivity contribution is 0.867. The van der Waals surface area contributed by atoms with Crippen LogP contribution in [0, 0.1) is 0 Å². The van der Waals surface area contributed by atoms with Crippen LogP contribution in [0.25, 0.3) is 0 Å². The highest BCUT2D eigenvalue weighted by atomic mass is 32.1. The second-order valence-electron chi connectivity index (χ2n) is 3.95. The van der Waals surface area contributed by atoms with E-state index in [1.165, 1.54) is 5.56 Å². The molecule has 1 aromatic carbocycles. The molecule has 0 fully saturated rings. The zero-order valence-corrected chi connectivity index (χ0v) is 12.2. The number of hydrogen-bond donors (Lipinski definition) is 2. The van der Waals surface area contributed by atoms with Crippen molar-refractivity contribution in [2.24, 2.45) is 5.10 Å². The van der Waals surface area contributed by atoms with Gasteiger partial charge in [0.1, 0.15) is 0 Å². The molecule has 98 valence electrons. The smallest absolute Gasteiger partial charge is 0.187 e. The number of nitrogens with zero attached hydrogens (tertiary/aromatic N) is 1. The lowest BCUT2D eigenvalue weighted by Gasteiger charge is -2.07. The highest BCUT2D eigenvalue weighted by molar-refractivity contribution is 7.80. The molecule has 1 aromatic heterocycles. The molecule has 5 heteroatoms. The van der Waals surface area contributed by atoms with Crippen LogP contribution in [0.1, 0.15) is 17.4 Å². The van der Waals surface area contributed by atoms with Gasteiger partial charge in [-0.25, -0.2) is 0 Å². The van der Waals surface area contributed by atoms with E-state index in [-0.39, 0.29) is 0 Å². The monoisotopic (exact) mass is 289 g/mol.